The van der Waals surface area contributed by atoms with Crippen LogP contribution in [0.25, 0.3) is 0 Å². The van der Waals surface area contributed by atoms with Crippen molar-refractivity contribution in [3.05, 3.63) is 23.8 Å². The molecule has 3 rings (SSSR count). The molecule has 100 valence electrons. The molecule has 0 aliphatic carbocycles. The minimum absolute atomic E-state index is 0.0212. The summed E-state index contributed by atoms with van der Waals surface area (Å²) < 4.78 is 0. The van der Waals surface area contributed by atoms with Crippen LogP contribution in [0, 0.1) is 0 Å². The maximum atomic E-state index is 11.8. The van der Waals surface area contributed by atoms with Crippen LogP contribution < -0.4 is 20.9 Å². The predicted octanol–water partition coefficient (Wildman–Crippen LogP) is -0.401. The number of hydrogen-bond donors (Lipinski definition) is 2. The van der Waals surface area contributed by atoms with Gasteiger partial charge in [-0.05, 0) is 12.1 Å². The Hall–Kier alpha value is -2.08. The van der Waals surface area contributed by atoms with Crippen molar-refractivity contribution in [1.82, 2.24) is 5.32 Å². The number of rotatable bonds is 1. The van der Waals surface area contributed by atoms with Gasteiger partial charge in [0.1, 0.15) is 6.04 Å². The van der Waals surface area contributed by atoms with Gasteiger partial charge in [0.2, 0.25) is 11.8 Å². The van der Waals surface area contributed by atoms with E-state index in [1.807, 2.05) is 23.1 Å². The second-order valence-electron chi connectivity index (χ2n) is 4.89. The van der Waals surface area contributed by atoms with E-state index in [4.69, 9.17) is 5.73 Å². The third-order valence-corrected chi connectivity index (χ3v) is 3.71. The second kappa shape index (κ2) is 4.24. The van der Waals surface area contributed by atoms with Crippen molar-refractivity contribution in [2.45, 2.75) is 6.04 Å². The summed E-state index contributed by atoms with van der Waals surface area (Å²) in [7, 11) is 1.72. The highest BCUT2D eigenvalue weighted by Gasteiger charge is 2.32. The number of nitrogens with two attached hydrogens (primary N) is 1. The molecule has 1 fully saturated rings. The molecule has 2 amide bonds. The Balaban J connectivity index is 1.94. The molecule has 0 spiro atoms. The molecule has 2 aliphatic rings. The van der Waals surface area contributed by atoms with Crippen LogP contribution in [-0.2, 0) is 9.59 Å². The van der Waals surface area contributed by atoms with Crippen molar-refractivity contribution in [3.63, 3.8) is 0 Å². The lowest BCUT2D eigenvalue weighted by atomic mass is 10.1. The molecule has 2 heterocycles. The van der Waals surface area contributed by atoms with Gasteiger partial charge in [-0.2, -0.15) is 0 Å². The zero-order valence-corrected chi connectivity index (χ0v) is 10.7. The quantitative estimate of drug-likeness (QED) is 0.720. The number of hydrogen-bond acceptors (Lipinski definition) is 4. The monoisotopic (exact) mass is 260 g/mol. The number of amides is 2. The number of carbonyl (C=O) groups excluding carboxylic acids is 2. The maximum absolute atomic E-state index is 11.8. The van der Waals surface area contributed by atoms with Crippen LogP contribution in [0.3, 0.4) is 0 Å². The first-order chi connectivity index (χ1) is 9.08. The molecule has 2 aliphatic heterocycles. The lowest BCUT2D eigenvalue weighted by molar-refractivity contribution is -0.120. The summed E-state index contributed by atoms with van der Waals surface area (Å²) in [4.78, 5) is 26.8. The molecule has 0 radical (unpaired) electrons. The number of nitrogens with one attached hydrogen (secondary N) is 1. The van der Waals surface area contributed by atoms with Gasteiger partial charge in [0.15, 0.2) is 0 Å². The van der Waals surface area contributed by atoms with Crippen molar-refractivity contribution in [1.29, 1.82) is 0 Å². The van der Waals surface area contributed by atoms with E-state index in [9.17, 15) is 9.59 Å². The number of likely N-dealkylation sites (N-methyl/N-ethyl adjacent to an activating group) is 1. The van der Waals surface area contributed by atoms with E-state index in [1.54, 1.807) is 11.9 Å². The van der Waals surface area contributed by atoms with E-state index in [0.29, 0.717) is 13.1 Å². The first-order valence-electron chi connectivity index (χ1n) is 6.26. The lowest BCUT2D eigenvalue weighted by Gasteiger charge is -2.29. The molecule has 0 aromatic heterocycles. The molecule has 1 aromatic carbocycles. The maximum Gasteiger partial charge on any atom is 0.248 e. The van der Waals surface area contributed by atoms with Crippen molar-refractivity contribution in [2.24, 2.45) is 5.73 Å². The van der Waals surface area contributed by atoms with Crippen LogP contribution in [0.4, 0.5) is 11.4 Å². The van der Waals surface area contributed by atoms with Crippen LogP contribution in [0.2, 0.25) is 0 Å². The van der Waals surface area contributed by atoms with Crippen molar-refractivity contribution >= 4 is 23.2 Å². The zero-order valence-electron chi connectivity index (χ0n) is 10.7. The summed E-state index contributed by atoms with van der Waals surface area (Å²) in [5.74, 6) is -0.0728. The zero-order chi connectivity index (χ0) is 13.6. The third kappa shape index (κ3) is 1.84. The Kier molecular flexibility index (Phi) is 2.67. The first-order valence-corrected chi connectivity index (χ1v) is 6.26. The molecule has 1 unspecified atom stereocenters. The normalized spacial score (nSPS) is 22.5. The molecule has 6 nitrogen and oxygen atoms in total. The van der Waals surface area contributed by atoms with Gasteiger partial charge < -0.3 is 20.9 Å². The van der Waals surface area contributed by atoms with Gasteiger partial charge >= 0.3 is 0 Å². The van der Waals surface area contributed by atoms with Gasteiger partial charge in [-0.3, -0.25) is 9.59 Å². The molecular formula is C13H16N4O2. The van der Waals surface area contributed by atoms with Gasteiger partial charge in [-0.15, -0.1) is 0 Å². The van der Waals surface area contributed by atoms with E-state index >= 15 is 0 Å². The van der Waals surface area contributed by atoms with E-state index < -0.39 is 6.04 Å². The molecule has 6 heteroatoms. The van der Waals surface area contributed by atoms with Gasteiger partial charge in [-0.25, -0.2) is 0 Å². The summed E-state index contributed by atoms with van der Waals surface area (Å²) in [6.45, 7) is 1.76. The minimum atomic E-state index is -0.571. The molecular weight excluding hydrogens is 244 g/mol. The number of fused-ring (bicyclic) bond motifs is 1. The minimum Gasteiger partial charge on any atom is -0.360 e. The van der Waals surface area contributed by atoms with Crippen LogP contribution >= 0.6 is 0 Å². The largest absolute Gasteiger partial charge is 0.360 e. The smallest absolute Gasteiger partial charge is 0.248 e. The Morgan fingerprint density at radius 1 is 1.37 bits per heavy atom. The van der Waals surface area contributed by atoms with Crippen molar-refractivity contribution in [3.8, 4) is 0 Å². The SMILES string of the molecule is CN1C(=O)C(N)c2ccc(N3CCNC(=O)C3)cc21. The number of piperazine rings is 1. The van der Waals surface area contributed by atoms with E-state index in [-0.39, 0.29) is 11.8 Å². The van der Waals surface area contributed by atoms with Gasteiger partial charge in [-0.1, -0.05) is 6.07 Å². The van der Waals surface area contributed by atoms with Crippen LogP contribution in [0.5, 0.6) is 0 Å². The highest BCUT2D eigenvalue weighted by atomic mass is 16.2. The van der Waals surface area contributed by atoms with E-state index in [2.05, 4.69) is 5.32 Å². The molecule has 1 atom stereocenters. The Morgan fingerprint density at radius 2 is 2.16 bits per heavy atom. The van der Waals surface area contributed by atoms with Gasteiger partial charge in [0.25, 0.3) is 0 Å². The molecule has 0 saturated carbocycles. The van der Waals surface area contributed by atoms with Crippen LogP contribution in [0.15, 0.2) is 18.2 Å². The van der Waals surface area contributed by atoms with E-state index in [1.165, 1.54) is 0 Å². The van der Waals surface area contributed by atoms with Crippen molar-refractivity contribution in [2.75, 3.05) is 36.5 Å². The Bertz CT molecular complexity index is 558. The molecule has 1 saturated heterocycles. The molecule has 3 N–H and O–H groups in total. The molecule has 19 heavy (non-hydrogen) atoms. The lowest BCUT2D eigenvalue weighted by Crippen LogP contribution is -2.47. The van der Waals surface area contributed by atoms with Crippen LogP contribution in [0.1, 0.15) is 11.6 Å². The third-order valence-electron chi connectivity index (χ3n) is 3.71. The predicted molar refractivity (Wildman–Crippen MR) is 72.0 cm³/mol. The number of carbonyl (C=O) groups is 2. The summed E-state index contributed by atoms with van der Waals surface area (Å²) in [6.07, 6.45) is 0. The number of anilines is 2. The molecule has 0 bridgehead atoms. The summed E-state index contributed by atoms with van der Waals surface area (Å²) in [5, 5.41) is 2.79. The average Bonchev–Trinajstić information content (AvgIpc) is 2.64. The average molecular weight is 260 g/mol. The van der Waals surface area contributed by atoms with E-state index in [0.717, 1.165) is 23.5 Å². The summed E-state index contributed by atoms with van der Waals surface area (Å²) in [6, 6.07) is 5.16. The first kappa shape index (κ1) is 12.0. The summed E-state index contributed by atoms with van der Waals surface area (Å²) >= 11 is 0. The standard InChI is InChI=1S/C13H16N4O2/c1-16-10-6-8(17-5-4-15-11(18)7-17)2-3-9(10)12(14)13(16)19/h2-3,6,12H,4-5,7,14H2,1H3,(H,15,18). The Labute approximate surface area is 111 Å². The topological polar surface area (TPSA) is 78.7 Å². The van der Waals surface area contributed by atoms with Crippen molar-refractivity contribution < 1.29 is 9.59 Å². The van der Waals surface area contributed by atoms with Gasteiger partial charge in [0, 0.05) is 31.4 Å². The fourth-order valence-electron chi connectivity index (χ4n) is 2.60. The van der Waals surface area contributed by atoms with Crippen LogP contribution in [-0.4, -0.2) is 38.5 Å². The number of nitrogens with zero attached hydrogens (tertiary/aromatic N) is 2. The fourth-order valence-corrected chi connectivity index (χ4v) is 2.60. The Morgan fingerprint density at radius 3 is 2.89 bits per heavy atom. The summed E-state index contributed by atoms with van der Waals surface area (Å²) in [5.41, 5.74) is 8.49. The van der Waals surface area contributed by atoms with Gasteiger partial charge in [0.05, 0.1) is 12.2 Å². The fraction of sp³-hybridized carbons (Fsp3) is 0.385. The second-order valence-corrected chi connectivity index (χ2v) is 4.89. The molecule has 1 aromatic rings. The highest BCUT2D eigenvalue weighted by molar-refractivity contribution is 6.04. The number of benzene rings is 1. The highest BCUT2D eigenvalue weighted by Crippen LogP contribution is 2.36.